The maximum Gasteiger partial charge on any atom is 0.142 e. The minimum absolute atomic E-state index is 0.431. The van der Waals surface area contributed by atoms with Gasteiger partial charge in [0, 0.05) is 22.0 Å². The Bertz CT molecular complexity index is 1200. The van der Waals surface area contributed by atoms with E-state index in [4.69, 9.17) is 16.4 Å². The maximum atomic E-state index is 5.97. The fraction of sp³-hybridized carbons (Fsp3) is 0.148. The van der Waals surface area contributed by atoms with Crippen molar-refractivity contribution in [3.63, 3.8) is 0 Å². The van der Waals surface area contributed by atoms with Crippen molar-refractivity contribution in [2.45, 2.75) is 25.9 Å². The van der Waals surface area contributed by atoms with E-state index < -0.39 is 0 Å². The smallest absolute Gasteiger partial charge is 0.142 e. The molecule has 0 radical (unpaired) electrons. The summed E-state index contributed by atoms with van der Waals surface area (Å²) < 4.78 is 2.37. The molecule has 0 saturated carbocycles. The molecule has 0 bridgehead atoms. The highest BCUT2D eigenvalue weighted by Crippen LogP contribution is 2.34. The average Bonchev–Trinajstić information content (AvgIpc) is 3.22. The van der Waals surface area contributed by atoms with Gasteiger partial charge in [0.15, 0.2) is 0 Å². The molecular weight excluding hydrogens is 404 g/mol. The van der Waals surface area contributed by atoms with Crippen LogP contribution in [0.5, 0.6) is 0 Å². The van der Waals surface area contributed by atoms with Crippen LogP contribution < -0.4 is 0 Å². The number of fused-ring (bicyclic) bond motifs is 1. The van der Waals surface area contributed by atoms with Gasteiger partial charge >= 0.3 is 0 Å². The van der Waals surface area contributed by atoms with Crippen LogP contribution in [0.15, 0.2) is 96.2 Å². The van der Waals surface area contributed by atoms with Crippen molar-refractivity contribution in [1.29, 1.82) is 0 Å². The van der Waals surface area contributed by atoms with Crippen LogP contribution in [0.3, 0.4) is 0 Å². The van der Waals surface area contributed by atoms with E-state index in [9.17, 15) is 0 Å². The summed E-state index contributed by atoms with van der Waals surface area (Å²) in [6, 6.07) is 31.0. The third-order valence-corrected chi connectivity index (χ3v) is 5.90. The number of oxime groups is 1. The minimum atomic E-state index is 0.431. The molecule has 1 aliphatic rings. The molecule has 5 rings (SSSR count). The van der Waals surface area contributed by atoms with Crippen LogP contribution in [0.4, 0.5) is 0 Å². The van der Waals surface area contributed by atoms with Gasteiger partial charge in [0.25, 0.3) is 0 Å². The molecule has 1 aliphatic carbocycles. The average molecular weight is 427 g/mol. The Hall–Kier alpha value is -3.30. The number of halogens is 1. The summed E-state index contributed by atoms with van der Waals surface area (Å²) in [4.78, 5) is 5.75. The van der Waals surface area contributed by atoms with Crippen LogP contribution in [-0.2, 0) is 17.9 Å². The first-order chi connectivity index (χ1) is 15.3. The van der Waals surface area contributed by atoms with E-state index in [1.54, 1.807) is 0 Å². The fourth-order valence-corrected chi connectivity index (χ4v) is 4.28. The van der Waals surface area contributed by atoms with Crippen molar-refractivity contribution < 1.29 is 4.84 Å². The molecule has 1 heterocycles. The second-order valence-corrected chi connectivity index (χ2v) is 8.15. The summed E-state index contributed by atoms with van der Waals surface area (Å²) in [5.41, 5.74) is 8.10. The molecule has 154 valence electrons. The van der Waals surface area contributed by atoms with Gasteiger partial charge in [-0.1, -0.05) is 77.4 Å². The Balaban J connectivity index is 1.53. The molecule has 3 nitrogen and oxygen atoms in total. The normalized spacial score (nSPS) is 14.4. The largest absolute Gasteiger partial charge is 0.391 e. The Labute approximate surface area is 187 Å². The zero-order chi connectivity index (χ0) is 21.0. The summed E-state index contributed by atoms with van der Waals surface area (Å²) in [5.74, 6) is 0. The van der Waals surface area contributed by atoms with Crippen LogP contribution in [0.1, 0.15) is 29.7 Å². The third kappa shape index (κ3) is 4.14. The van der Waals surface area contributed by atoms with E-state index in [0.29, 0.717) is 6.61 Å². The zero-order valence-electron chi connectivity index (χ0n) is 17.2. The Morgan fingerprint density at radius 1 is 0.839 bits per heavy atom. The van der Waals surface area contributed by atoms with E-state index in [-0.39, 0.29) is 0 Å². The van der Waals surface area contributed by atoms with Crippen molar-refractivity contribution >= 4 is 17.3 Å². The standard InChI is InChI=1S/C27H23ClN2O/c28-22-16-14-20(15-17-22)19-31-29-25-12-7-13-26-24(25)18-27(21-8-3-1-4-9-21)30(26)23-10-5-2-6-11-23/h1-6,8-11,14-18H,7,12-13,19H2/b29-25+. The molecule has 0 N–H and O–H groups in total. The Kier molecular flexibility index (Phi) is 5.59. The van der Waals surface area contributed by atoms with Crippen molar-refractivity contribution in [2.24, 2.45) is 5.16 Å². The lowest BCUT2D eigenvalue weighted by atomic mass is 9.95. The highest BCUT2D eigenvalue weighted by molar-refractivity contribution is 6.30. The topological polar surface area (TPSA) is 26.5 Å². The van der Waals surface area contributed by atoms with Gasteiger partial charge < -0.3 is 9.40 Å². The second-order valence-electron chi connectivity index (χ2n) is 7.72. The quantitative estimate of drug-likeness (QED) is 0.314. The van der Waals surface area contributed by atoms with E-state index in [0.717, 1.165) is 35.6 Å². The number of benzene rings is 3. The molecular formula is C27H23ClN2O. The second kappa shape index (κ2) is 8.83. The lowest BCUT2D eigenvalue weighted by molar-refractivity contribution is 0.130. The van der Waals surface area contributed by atoms with Crippen LogP contribution in [0.2, 0.25) is 5.02 Å². The predicted molar refractivity (Wildman–Crippen MR) is 127 cm³/mol. The van der Waals surface area contributed by atoms with Gasteiger partial charge in [-0.05, 0) is 60.7 Å². The van der Waals surface area contributed by atoms with Gasteiger partial charge in [-0.2, -0.15) is 0 Å². The lowest BCUT2D eigenvalue weighted by Crippen LogP contribution is -2.14. The number of hydrogen-bond donors (Lipinski definition) is 0. The van der Waals surface area contributed by atoms with Gasteiger partial charge in [-0.3, -0.25) is 0 Å². The molecule has 4 heteroatoms. The maximum absolute atomic E-state index is 5.97. The van der Waals surface area contributed by atoms with Crippen molar-refractivity contribution in [1.82, 2.24) is 4.57 Å². The monoisotopic (exact) mass is 426 g/mol. The van der Waals surface area contributed by atoms with Crippen molar-refractivity contribution in [2.75, 3.05) is 0 Å². The molecule has 0 amide bonds. The van der Waals surface area contributed by atoms with Crippen LogP contribution in [0, 0.1) is 0 Å². The van der Waals surface area contributed by atoms with E-state index in [2.05, 4.69) is 76.5 Å². The summed E-state index contributed by atoms with van der Waals surface area (Å²) in [6.07, 6.45) is 3.00. The first-order valence-corrected chi connectivity index (χ1v) is 11.0. The van der Waals surface area contributed by atoms with Crippen LogP contribution >= 0.6 is 11.6 Å². The fourth-order valence-electron chi connectivity index (χ4n) is 4.16. The first-order valence-electron chi connectivity index (χ1n) is 10.6. The highest BCUT2D eigenvalue weighted by atomic mass is 35.5. The summed E-state index contributed by atoms with van der Waals surface area (Å²) >= 11 is 5.97. The molecule has 0 spiro atoms. The molecule has 0 fully saturated rings. The molecule has 0 saturated heterocycles. The molecule has 31 heavy (non-hydrogen) atoms. The van der Waals surface area contributed by atoms with Gasteiger partial charge in [-0.25, -0.2) is 0 Å². The van der Waals surface area contributed by atoms with Crippen LogP contribution in [-0.4, -0.2) is 10.3 Å². The molecule has 0 atom stereocenters. The number of aromatic nitrogens is 1. The molecule has 4 aromatic rings. The minimum Gasteiger partial charge on any atom is -0.391 e. The van der Waals surface area contributed by atoms with E-state index in [1.807, 2.05) is 24.3 Å². The van der Waals surface area contributed by atoms with Gasteiger partial charge in [-0.15, -0.1) is 0 Å². The molecule has 3 aromatic carbocycles. The number of rotatable bonds is 5. The van der Waals surface area contributed by atoms with Gasteiger partial charge in [0.05, 0.1) is 11.4 Å². The lowest BCUT2D eigenvalue weighted by Gasteiger charge is -2.18. The Morgan fingerprint density at radius 2 is 1.55 bits per heavy atom. The van der Waals surface area contributed by atoms with E-state index >= 15 is 0 Å². The highest BCUT2D eigenvalue weighted by Gasteiger charge is 2.24. The number of nitrogens with zero attached hydrogens (tertiary/aromatic N) is 2. The van der Waals surface area contributed by atoms with Gasteiger partial charge in [0.2, 0.25) is 0 Å². The first kappa shape index (κ1) is 19.7. The summed E-state index contributed by atoms with van der Waals surface area (Å²) in [7, 11) is 0. The number of para-hydroxylation sites is 1. The van der Waals surface area contributed by atoms with Crippen molar-refractivity contribution in [3.8, 4) is 16.9 Å². The molecule has 0 unspecified atom stereocenters. The van der Waals surface area contributed by atoms with Gasteiger partial charge in [0.1, 0.15) is 6.61 Å². The summed E-state index contributed by atoms with van der Waals surface area (Å²) in [6.45, 7) is 0.431. The third-order valence-electron chi connectivity index (χ3n) is 5.64. The van der Waals surface area contributed by atoms with E-state index in [1.165, 1.54) is 28.2 Å². The molecule has 0 aliphatic heterocycles. The SMILES string of the molecule is Clc1ccc(CO/N=C2\CCCc3c2cc(-c2ccccc2)n3-c2ccccc2)cc1. The summed E-state index contributed by atoms with van der Waals surface area (Å²) in [5, 5.41) is 5.28. The Morgan fingerprint density at radius 3 is 2.29 bits per heavy atom. The zero-order valence-corrected chi connectivity index (χ0v) is 17.9. The van der Waals surface area contributed by atoms with Crippen LogP contribution in [0.25, 0.3) is 16.9 Å². The number of hydrogen-bond acceptors (Lipinski definition) is 2. The predicted octanol–water partition coefficient (Wildman–Crippen LogP) is 7.05. The van der Waals surface area contributed by atoms with Crippen molar-refractivity contribution in [3.05, 3.63) is 113 Å². The molecule has 1 aromatic heterocycles.